The molecule has 2 aliphatic rings. The van der Waals surface area contributed by atoms with Crippen LogP contribution in [0.2, 0.25) is 0 Å². The van der Waals surface area contributed by atoms with Gasteiger partial charge < -0.3 is 15.5 Å². The van der Waals surface area contributed by atoms with Gasteiger partial charge in [-0.3, -0.25) is 0 Å². The van der Waals surface area contributed by atoms with E-state index in [1.807, 2.05) is 6.07 Å². The van der Waals surface area contributed by atoms with Gasteiger partial charge in [0.15, 0.2) is 0 Å². The molecule has 2 fully saturated rings. The van der Waals surface area contributed by atoms with E-state index in [2.05, 4.69) is 34.0 Å². The van der Waals surface area contributed by atoms with E-state index in [-0.39, 0.29) is 0 Å². The van der Waals surface area contributed by atoms with Crippen molar-refractivity contribution in [2.75, 3.05) is 25.0 Å². The van der Waals surface area contributed by atoms with Crippen LogP contribution in [0.25, 0.3) is 0 Å². The molecule has 2 bridgehead atoms. The van der Waals surface area contributed by atoms with Crippen LogP contribution in [0.3, 0.4) is 0 Å². The number of rotatable bonds is 2. The molecular formula is C13H20N4. The van der Waals surface area contributed by atoms with Crippen LogP contribution >= 0.6 is 0 Å². The van der Waals surface area contributed by atoms with Crippen molar-refractivity contribution in [1.82, 2.24) is 9.88 Å². The number of aromatic nitrogens is 1. The highest BCUT2D eigenvalue weighted by atomic mass is 15.3. The molecular weight excluding hydrogens is 212 g/mol. The monoisotopic (exact) mass is 232 g/mol. The number of anilines is 1. The van der Waals surface area contributed by atoms with Gasteiger partial charge in [-0.05, 0) is 32.0 Å². The van der Waals surface area contributed by atoms with Crippen molar-refractivity contribution in [3.63, 3.8) is 0 Å². The lowest BCUT2D eigenvalue weighted by atomic mass is 10.2. The second-order valence-corrected chi connectivity index (χ2v) is 5.20. The highest BCUT2D eigenvalue weighted by Gasteiger charge is 2.39. The van der Waals surface area contributed by atoms with Gasteiger partial charge in [0.05, 0.1) is 5.69 Å². The van der Waals surface area contributed by atoms with Gasteiger partial charge in [0.2, 0.25) is 0 Å². The fraction of sp³-hybridized carbons (Fsp3) is 0.615. The SMILES string of the molecule is CN1C[C@H]2CC[C@@H](C1)N2c1cccc(CN)n1. The van der Waals surface area contributed by atoms with E-state index in [1.165, 1.54) is 12.8 Å². The van der Waals surface area contributed by atoms with Crippen molar-refractivity contribution < 1.29 is 0 Å². The second-order valence-electron chi connectivity index (χ2n) is 5.20. The number of nitrogens with zero attached hydrogens (tertiary/aromatic N) is 3. The molecule has 3 rings (SSSR count). The van der Waals surface area contributed by atoms with Crippen LogP contribution in [0.4, 0.5) is 5.82 Å². The number of fused-ring (bicyclic) bond motifs is 2. The Morgan fingerprint density at radius 2 is 2.00 bits per heavy atom. The van der Waals surface area contributed by atoms with Crippen molar-refractivity contribution in [3.8, 4) is 0 Å². The Labute approximate surface area is 102 Å². The third kappa shape index (κ3) is 1.91. The number of hydrogen-bond acceptors (Lipinski definition) is 4. The highest BCUT2D eigenvalue weighted by Crippen LogP contribution is 2.33. The Balaban J connectivity index is 1.89. The normalized spacial score (nSPS) is 28.7. The Morgan fingerprint density at radius 1 is 1.29 bits per heavy atom. The summed E-state index contributed by atoms with van der Waals surface area (Å²) in [7, 11) is 2.21. The lowest BCUT2D eigenvalue weighted by molar-refractivity contribution is 0.263. The van der Waals surface area contributed by atoms with E-state index in [1.54, 1.807) is 0 Å². The zero-order chi connectivity index (χ0) is 11.8. The van der Waals surface area contributed by atoms with Crippen LogP contribution in [0.5, 0.6) is 0 Å². The largest absolute Gasteiger partial charge is 0.348 e. The fourth-order valence-electron chi connectivity index (χ4n) is 3.21. The van der Waals surface area contributed by atoms with Crippen molar-refractivity contribution in [3.05, 3.63) is 23.9 Å². The smallest absolute Gasteiger partial charge is 0.129 e. The molecule has 2 atom stereocenters. The maximum absolute atomic E-state index is 5.67. The summed E-state index contributed by atoms with van der Waals surface area (Å²) in [4.78, 5) is 9.61. The van der Waals surface area contributed by atoms with Crippen molar-refractivity contribution in [2.45, 2.75) is 31.5 Å². The van der Waals surface area contributed by atoms with Crippen LogP contribution in [0.1, 0.15) is 18.5 Å². The molecule has 2 saturated heterocycles. The molecule has 92 valence electrons. The van der Waals surface area contributed by atoms with Crippen LogP contribution in [-0.2, 0) is 6.54 Å². The maximum Gasteiger partial charge on any atom is 0.129 e. The molecule has 2 N–H and O–H groups in total. The maximum atomic E-state index is 5.67. The fourth-order valence-corrected chi connectivity index (χ4v) is 3.21. The molecule has 1 aromatic heterocycles. The number of piperazine rings is 1. The minimum Gasteiger partial charge on any atom is -0.348 e. The minimum absolute atomic E-state index is 0.525. The molecule has 0 amide bonds. The summed E-state index contributed by atoms with van der Waals surface area (Å²) in [6.07, 6.45) is 2.59. The van der Waals surface area contributed by atoms with Gasteiger partial charge in [-0.2, -0.15) is 0 Å². The molecule has 0 saturated carbocycles. The van der Waals surface area contributed by atoms with E-state index in [0.29, 0.717) is 18.6 Å². The Hall–Kier alpha value is -1.13. The van der Waals surface area contributed by atoms with E-state index < -0.39 is 0 Å². The van der Waals surface area contributed by atoms with Gasteiger partial charge >= 0.3 is 0 Å². The Kier molecular flexibility index (Phi) is 2.76. The summed E-state index contributed by atoms with van der Waals surface area (Å²) >= 11 is 0. The highest BCUT2D eigenvalue weighted by molar-refractivity contribution is 5.44. The molecule has 0 radical (unpaired) electrons. The average molecular weight is 232 g/mol. The lowest BCUT2D eigenvalue weighted by Crippen LogP contribution is -2.52. The summed E-state index contributed by atoms with van der Waals surface area (Å²) in [6, 6.07) is 7.47. The van der Waals surface area contributed by atoms with Gasteiger partial charge in [-0.15, -0.1) is 0 Å². The summed E-state index contributed by atoms with van der Waals surface area (Å²) in [5, 5.41) is 0. The van der Waals surface area contributed by atoms with E-state index >= 15 is 0 Å². The average Bonchev–Trinajstić information content (AvgIpc) is 2.62. The molecule has 0 unspecified atom stereocenters. The predicted molar refractivity (Wildman–Crippen MR) is 68.9 cm³/mol. The predicted octanol–water partition coefficient (Wildman–Crippen LogP) is 0.823. The topological polar surface area (TPSA) is 45.4 Å². The first-order chi connectivity index (χ1) is 8.28. The minimum atomic E-state index is 0.525. The quantitative estimate of drug-likeness (QED) is 0.820. The standard InChI is InChI=1S/C13H20N4/c1-16-8-11-5-6-12(9-16)17(11)13-4-2-3-10(7-14)15-13/h2-4,11-12H,5-9,14H2,1H3/t11-,12+. The third-order valence-electron chi connectivity index (χ3n) is 3.93. The molecule has 0 aromatic carbocycles. The second kappa shape index (κ2) is 4.27. The summed E-state index contributed by atoms with van der Waals surface area (Å²) in [5.41, 5.74) is 6.65. The first-order valence-corrected chi connectivity index (χ1v) is 6.41. The number of hydrogen-bond donors (Lipinski definition) is 1. The van der Waals surface area contributed by atoms with Crippen LogP contribution < -0.4 is 10.6 Å². The van der Waals surface area contributed by atoms with Crippen molar-refractivity contribution in [2.24, 2.45) is 5.73 Å². The first-order valence-electron chi connectivity index (χ1n) is 6.41. The van der Waals surface area contributed by atoms with Gasteiger partial charge in [-0.25, -0.2) is 4.98 Å². The number of nitrogens with two attached hydrogens (primary N) is 1. The van der Waals surface area contributed by atoms with Crippen LogP contribution in [0.15, 0.2) is 18.2 Å². The molecule has 4 nitrogen and oxygen atoms in total. The molecule has 2 aliphatic heterocycles. The summed E-state index contributed by atoms with van der Waals surface area (Å²) < 4.78 is 0. The summed E-state index contributed by atoms with van der Waals surface area (Å²) in [6.45, 7) is 2.84. The van der Waals surface area contributed by atoms with Crippen molar-refractivity contribution in [1.29, 1.82) is 0 Å². The number of likely N-dealkylation sites (N-methyl/N-ethyl adjacent to an activating group) is 1. The Morgan fingerprint density at radius 3 is 2.65 bits per heavy atom. The molecule has 0 aliphatic carbocycles. The zero-order valence-electron chi connectivity index (χ0n) is 10.3. The van der Waals surface area contributed by atoms with Crippen molar-refractivity contribution >= 4 is 5.82 Å². The third-order valence-corrected chi connectivity index (χ3v) is 3.93. The van der Waals surface area contributed by atoms with Gasteiger partial charge in [0.1, 0.15) is 5.82 Å². The molecule has 3 heterocycles. The molecule has 0 spiro atoms. The molecule has 4 heteroatoms. The number of likely N-dealkylation sites (tertiary alicyclic amines) is 1. The molecule has 1 aromatic rings. The zero-order valence-corrected chi connectivity index (χ0v) is 10.3. The van der Waals surface area contributed by atoms with Gasteiger partial charge in [0, 0.05) is 31.7 Å². The van der Waals surface area contributed by atoms with E-state index in [4.69, 9.17) is 5.73 Å². The molecule has 17 heavy (non-hydrogen) atoms. The van der Waals surface area contributed by atoms with Gasteiger partial charge in [0.25, 0.3) is 0 Å². The summed E-state index contributed by atoms with van der Waals surface area (Å²) in [5.74, 6) is 1.12. The van der Waals surface area contributed by atoms with E-state index in [0.717, 1.165) is 24.6 Å². The van der Waals surface area contributed by atoms with Crippen LogP contribution in [0, 0.1) is 0 Å². The Bertz CT molecular complexity index is 392. The van der Waals surface area contributed by atoms with E-state index in [9.17, 15) is 0 Å². The van der Waals surface area contributed by atoms with Crippen LogP contribution in [-0.4, -0.2) is 42.1 Å². The lowest BCUT2D eigenvalue weighted by Gasteiger charge is -2.40. The number of pyridine rings is 1. The first kappa shape index (κ1) is 11.0. The van der Waals surface area contributed by atoms with Gasteiger partial charge in [-0.1, -0.05) is 6.07 Å².